The Balaban J connectivity index is -0.000000149. The molecule has 0 bridgehead atoms. The van der Waals surface area contributed by atoms with Crippen LogP contribution >= 0.6 is 0 Å². The average Bonchev–Trinajstić information content (AvgIpc) is 1.93. The molecule has 0 saturated carbocycles. The minimum atomic E-state index is 0. The van der Waals surface area contributed by atoms with Crippen LogP contribution in [0.1, 0.15) is 40.5 Å². The molecule has 0 spiro atoms. The summed E-state index contributed by atoms with van der Waals surface area (Å²) in [7, 11) is 0. The Hall–Kier alpha value is 0.688. The van der Waals surface area contributed by atoms with E-state index < -0.39 is 0 Å². The maximum atomic E-state index is 3.90. The van der Waals surface area contributed by atoms with E-state index in [1.54, 1.807) is 0 Å². The molecule has 0 aromatic rings. The van der Waals surface area contributed by atoms with E-state index in [4.69, 9.17) is 0 Å². The van der Waals surface area contributed by atoms with Crippen molar-refractivity contribution in [3.8, 4) is 0 Å². The Morgan fingerprint density at radius 1 is 1.00 bits per heavy atom. The van der Waals surface area contributed by atoms with Gasteiger partial charge in [0, 0.05) is 0 Å². The summed E-state index contributed by atoms with van der Waals surface area (Å²) in [5.74, 6) is 0. The van der Waals surface area contributed by atoms with Crippen molar-refractivity contribution in [1.82, 2.24) is 0 Å². The van der Waals surface area contributed by atoms with E-state index in [0.29, 0.717) is 0 Å². The summed E-state index contributed by atoms with van der Waals surface area (Å²) >= 11 is 0. The Kier molecular flexibility index (Phi) is 16.4. The average molecular weight is 312 g/mol. The van der Waals surface area contributed by atoms with Crippen molar-refractivity contribution >= 4 is 0 Å². The standard InChI is InChI=1S/C7H14.C2H6.W/c1-5-7(3,4)6-2;1-2;/h3-6H2,1-2H3;1-2H3;/q-2;;+2. The molecule has 0 rings (SSSR count). The van der Waals surface area contributed by atoms with Gasteiger partial charge in [-0.15, -0.1) is 12.8 Å². The molecule has 0 radical (unpaired) electrons. The van der Waals surface area contributed by atoms with E-state index in [1.165, 1.54) is 0 Å². The first-order chi connectivity index (χ1) is 4.12. The molecule has 1 heteroatoms. The third-order valence-electron chi connectivity index (χ3n) is 1.50. The molecule has 0 amide bonds. The fraction of sp³-hybridized carbons (Fsp3) is 0.778. The van der Waals surface area contributed by atoms with Crippen LogP contribution in [0.15, 0.2) is 0 Å². The van der Waals surface area contributed by atoms with Gasteiger partial charge in [0.1, 0.15) is 0 Å². The van der Waals surface area contributed by atoms with Crippen LogP contribution in [0.3, 0.4) is 0 Å². The Labute approximate surface area is 81.1 Å². The summed E-state index contributed by atoms with van der Waals surface area (Å²) in [5.41, 5.74) is 0.0833. The molecule has 0 heterocycles. The molecular weight excluding hydrogens is 292 g/mol. The van der Waals surface area contributed by atoms with Gasteiger partial charge in [0.2, 0.25) is 0 Å². The molecule has 0 aliphatic carbocycles. The second kappa shape index (κ2) is 9.69. The maximum absolute atomic E-state index is 3.90. The predicted octanol–water partition coefficient (Wildman–Crippen LogP) is 3.48. The van der Waals surface area contributed by atoms with Gasteiger partial charge in [-0.1, -0.05) is 27.7 Å². The minimum Gasteiger partial charge on any atom is -0.367 e. The van der Waals surface area contributed by atoms with Crippen molar-refractivity contribution in [1.29, 1.82) is 0 Å². The molecule has 0 unspecified atom stereocenters. The maximum Gasteiger partial charge on any atom is 2.00 e. The Morgan fingerprint density at radius 2 is 1.20 bits per heavy atom. The van der Waals surface area contributed by atoms with E-state index in [0.717, 1.165) is 12.8 Å². The van der Waals surface area contributed by atoms with Crippen LogP contribution in [-0.4, -0.2) is 0 Å². The Bertz CT molecular complexity index is 42.7. The van der Waals surface area contributed by atoms with Crippen LogP contribution in [0.5, 0.6) is 0 Å². The number of hydrogen-bond acceptors (Lipinski definition) is 0. The van der Waals surface area contributed by atoms with Gasteiger partial charge in [0.25, 0.3) is 0 Å². The van der Waals surface area contributed by atoms with Gasteiger partial charge in [0.15, 0.2) is 0 Å². The molecule has 0 atom stereocenters. The van der Waals surface area contributed by atoms with Crippen LogP contribution in [0.25, 0.3) is 0 Å². The van der Waals surface area contributed by atoms with E-state index in [1.807, 2.05) is 13.8 Å². The first kappa shape index (κ1) is 17.0. The molecule has 0 N–H and O–H groups in total. The van der Waals surface area contributed by atoms with Crippen molar-refractivity contribution in [3.05, 3.63) is 13.8 Å². The van der Waals surface area contributed by atoms with Crippen molar-refractivity contribution in [3.63, 3.8) is 0 Å². The first-order valence-corrected chi connectivity index (χ1v) is 3.83. The zero-order valence-electron chi connectivity index (χ0n) is 7.74. The quantitative estimate of drug-likeness (QED) is 0.685. The third-order valence-corrected chi connectivity index (χ3v) is 1.50. The number of rotatable bonds is 2. The van der Waals surface area contributed by atoms with Gasteiger partial charge in [-0.3, -0.25) is 5.41 Å². The minimum absolute atomic E-state index is 0. The molecule has 0 nitrogen and oxygen atoms in total. The summed E-state index contributed by atoms with van der Waals surface area (Å²) in [4.78, 5) is 0. The van der Waals surface area contributed by atoms with Crippen molar-refractivity contribution in [2.24, 2.45) is 5.41 Å². The van der Waals surface area contributed by atoms with Crippen LogP contribution in [-0.2, 0) is 21.1 Å². The summed E-state index contributed by atoms with van der Waals surface area (Å²) in [5, 5.41) is 0. The zero-order valence-corrected chi connectivity index (χ0v) is 10.7. The molecule has 0 aliphatic heterocycles. The van der Waals surface area contributed by atoms with Gasteiger partial charge in [-0.2, -0.15) is 0 Å². The summed E-state index contributed by atoms with van der Waals surface area (Å²) < 4.78 is 0. The van der Waals surface area contributed by atoms with Crippen molar-refractivity contribution in [2.75, 3.05) is 0 Å². The van der Waals surface area contributed by atoms with Crippen LogP contribution in [0.4, 0.5) is 0 Å². The fourth-order valence-corrected chi connectivity index (χ4v) is 0.250. The topological polar surface area (TPSA) is 0 Å². The molecule has 0 aromatic heterocycles. The Morgan fingerprint density at radius 3 is 1.20 bits per heavy atom. The third kappa shape index (κ3) is 11.5. The van der Waals surface area contributed by atoms with Gasteiger partial charge in [-0.25, -0.2) is 0 Å². The predicted molar refractivity (Wildman–Crippen MR) is 45.1 cm³/mol. The molecular formula is C9H20W. The van der Waals surface area contributed by atoms with Gasteiger partial charge in [-0.05, 0) is 0 Å². The summed E-state index contributed by atoms with van der Waals surface area (Å²) in [6, 6.07) is 0. The zero-order chi connectivity index (χ0) is 7.91. The van der Waals surface area contributed by atoms with E-state index in [9.17, 15) is 0 Å². The van der Waals surface area contributed by atoms with E-state index in [2.05, 4.69) is 27.7 Å². The van der Waals surface area contributed by atoms with E-state index in [-0.39, 0.29) is 26.5 Å². The van der Waals surface area contributed by atoms with Crippen LogP contribution < -0.4 is 0 Å². The molecule has 0 aliphatic rings. The van der Waals surface area contributed by atoms with Crippen LogP contribution in [0.2, 0.25) is 0 Å². The molecule has 62 valence electrons. The second-order valence-electron chi connectivity index (χ2n) is 2.21. The SMILES string of the molecule is CC.[CH2-]C([CH2-])(CC)CC.[W+2]. The fourth-order valence-electron chi connectivity index (χ4n) is 0.250. The smallest absolute Gasteiger partial charge is 0.367 e. The van der Waals surface area contributed by atoms with Crippen molar-refractivity contribution in [2.45, 2.75) is 40.5 Å². The number of hydrogen-bond donors (Lipinski definition) is 0. The normalized spacial score (nSPS) is 9.00. The van der Waals surface area contributed by atoms with Gasteiger partial charge < -0.3 is 13.8 Å². The molecule has 0 aromatic carbocycles. The first-order valence-electron chi connectivity index (χ1n) is 3.83. The molecule has 10 heavy (non-hydrogen) atoms. The van der Waals surface area contributed by atoms with Crippen LogP contribution in [0, 0.1) is 19.3 Å². The second-order valence-corrected chi connectivity index (χ2v) is 2.21. The monoisotopic (exact) mass is 312 g/mol. The van der Waals surface area contributed by atoms with Gasteiger partial charge in [0.05, 0.1) is 0 Å². The molecule has 0 fully saturated rings. The van der Waals surface area contributed by atoms with Gasteiger partial charge >= 0.3 is 21.1 Å². The summed E-state index contributed by atoms with van der Waals surface area (Å²) in [6.07, 6.45) is 2.15. The van der Waals surface area contributed by atoms with Crippen molar-refractivity contribution < 1.29 is 21.1 Å². The summed E-state index contributed by atoms with van der Waals surface area (Å²) in [6.45, 7) is 16.0. The van der Waals surface area contributed by atoms with E-state index >= 15 is 0 Å². The molecule has 0 saturated heterocycles. The largest absolute Gasteiger partial charge is 2.00 e.